The smallest absolute Gasteiger partial charge is 0.0786 e. The molecular weight excluding hydrogens is 386 g/mol. The highest BCUT2D eigenvalue weighted by Gasteiger charge is 2.25. The summed E-state index contributed by atoms with van der Waals surface area (Å²) in [6, 6.07) is 0. The summed E-state index contributed by atoms with van der Waals surface area (Å²) >= 11 is 0. The van der Waals surface area contributed by atoms with Gasteiger partial charge in [-0.2, -0.15) is 0 Å². The zero-order valence-corrected chi connectivity index (χ0v) is 22.6. The molecule has 0 unspecified atom stereocenters. The first-order valence-corrected chi connectivity index (χ1v) is 14.1. The van der Waals surface area contributed by atoms with Crippen molar-refractivity contribution in [1.82, 2.24) is 0 Å². The molecule has 0 saturated carbocycles. The first-order valence-electron chi connectivity index (χ1n) is 14.1. The Hall–Kier alpha value is 0.250. The van der Waals surface area contributed by atoms with Crippen LogP contribution in [0.2, 0.25) is 0 Å². The SMILES string of the molecule is CCCCCCC[N+](CCCCCCC)(CCCCCCC)CCCCCCC.Cl. The number of halogens is 1. The fourth-order valence-corrected chi connectivity index (χ4v) is 4.87. The van der Waals surface area contributed by atoms with Gasteiger partial charge in [-0.15, -0.1) is 12.4 Å². The van der Waals surface area contributed by atoms with Crippen molar-refractivity contribution in [2.75, 3.05) is 26.2 Å². The van der Waals surface area contributed by atoms with Crippen LogP contribution in [-0.4, -0.2) is 30.7 Å². The minimum atomic E-state index is 0. The molecule has 1 nitrogen and oxygen atoms in total. The third-order valence-corrected chi connectivity index (χ3v) is 6.94. The van der Waals surface area contributed by atoms with Gasteiger partial charge in [0.25, 0.3) is 0 Å². The Morgan fingerprint density at radius 1 is 0.300 bits per heavy atom. The molecule has 0 spiro atoms. The van der Waals surface area contributed by atoms with Gasteiger partial charge in [-0.25, -0.2) is 0 Å². The summed E-state index contributed by atoms with van der Waals surface area (Å²) in [6.07, 6.45) is 28.8. The molecule has 0 N–H and O–H groups in total. The maximum atomic E-state index is 2.34. The molecule has 0 saturated heterocycles. The van der Waals surface area contributed by atoms with Gasteiger partial charge in [-0.1, -0.05) is 105 Å². The Labute approximate surface area is 199 Å². The molecule has 0 aliphatic heterocycles. The number of quaternary nitrogens is 1. The van der Waals surface area contributed by atoms with E-state index in [9.17, 15) is 0 Å². The average Bonchev–Trinajstić information content (AvgIpc) is 2.73. The second kappa shape index (κ2) is 25.5. The van der Waals surface area contributed by atoms with Crippen LogP contribution in [0.15, 0.2) is 0 Å². The second-order valence-corrected chi connectivity index (χ2v) is 9.89. The molecule has 0 heterocycles. The molecule has 0 fully saturated rings. The first-order chi connectivity index (χ1) is 14.2. The van der Waals surface area contributed by atoms with E-state index in [1.807, 2.05) is 0 Å². The van der Waals surface area contributed by atoms with Crippen LogP contribution in [0.4, 0.5) is 0 Å². The molecule has 0 aromatic carbocycles. The van der Waals surface area contributed by atoms with E-state index in [1.54, 1.807) is 0 Å². The van der Waals surface area contributed by atoms with E-state index in [1.165, 1.54) is 159 Å². The summed E-state index contributed by atoms with van der Waals surface area (Å²) in [5.74, 6) is 0. The van der Waals surface area contributed by atoms with Gasteiger partial charge in [0.1, 0.15) is 0 Å². The summed E-state index contributed by atoms with van der Waals surface area (Å²) < 4.78 is 1.47. The zero-order valence-electron chi connectivity index (χ0n) is 21.8. The maximum absolute atomic E-state index is 2.34. The van der Waals surface area contributed by atoms with Gasteiger partial charge in [0, 0.05) is 0 Å². The normalized spacial score (nSPS) is 11.6. The van der Waals surface area contributed by atoms with Crippen LogP contribution in [0.5, 0.6) is 0 Å². The third kappa shape index (κ3) is 20.2. The van der Waals surface area contributed by atoms with Crippen molar-refractivity contribution in [3.8, 4) is 0 Å². The number of rotatable bonds is 24. The first kappa shape index (κ1) is 32.4. The molecule has 0 aliphatic rings. The Morgan fingerprint density at radius 3 is 0.700 bits per heavy atom. The lowest BCUT2D eigenvalue weighted by atomic mass is 10.1. The van der Waals surface area contributed by atoms with E-state index < -0.39 is 0 Å². The molecule has 0 atom stereocenters. The quantitative estimate of drug-likeness (QED) is 0.102. The highest BCUT2D eigenvalue weighted by atomic mass is 35.5. The Morgan fingerprint density at radius 2 is 0.500 bits per heavy atom. The molecule has 0 aliphatic carbocycles. The number of unbranched alkanes of at least 4 members (excludes halogenated alkanes) is 16. The third-order valence-electron chi connectivity index (χ3n) is 6.94. The van der Waals surface area contributed by atoms with Crippen LogP contribution in [0.25, 0.3) is 0 Å². The molecule has 0 aromatic rings. The zero-order chi connectivity index (χ0) is 21.5. The van der Waals surface area contributed by atoms with Crippen LogP contribution >= 0.6 is 12.4 Å². The van der Waals surface area contributed by atoms with Gasteiger partial charge < -0.3 is 4.48 Å². The van der Waals surface area contributed by atoms with Gasteiger partial charge >= 0.3 is 0 Å². The molecule has 2 heteroatoms. The summed E-state index contributed by atoms with van der Waals surface area (Å²) in [5.41, 5.74) is 0. The van der Waals surface area contributed by atoms with Gasteiger partial charge in [-0.3, -0.25) is 0 Å². The van der Waals surface area contributed by atoms with E-state index in [4.69, 9.17) is 0 Å². The monoisotopic (exact) mass is 446 g/mol. The predicted octanol–water partition coefficient (Wildman–Crippen LogP) is 10.1. The summed E-state index contributed by atoms with van der Waals surface area (Å²) in [4.78, 5) is 0. The van der Waals surface area contributed by atoms with Crippen LogP contribution in [-0.2, 0) is 0 Å². The van der Waals surface area contributed by atoms with E-state index in [0.29, 0.717) is 0 Å². The highest BCUT2D eigenvalue weighted by Crippen LogP contribution is 2.20. The summed E-state index contributed by atoms with van der Waals surface area (Å²) in [6.45, 7) is 15.2. The largest absolute Gasteiger partial charge is 0.324 e. The molecule has 0 aromatic heterocycles. The molecule has 0 bridgehead atoms. The van der Waals surface area contributed by atoms with Crippen LogP contribution in [0, 0.1) is 0 Å². The van der Waals surface area contributed by atoms with E-state index in [-0.39, 0.29) is 12.4 Å². The topological polar surface area (TPSA) is 0 Å². The fraction of sp³-hybridized carbons (Fsp3) is 1.00. The van der Waals surface area contributed by atoms with Gasteiger partial charge in [0.2, 0.25) is 0 Å². The van der Waals surface area contributed by atoms with Crippen molar-refractivity contribution in [1.29, 1.82) is 0 Å². The highest BCUT2D eigenvalue weighted by molar-refractivity contribution is 5.85. The Bertz CT molecular complexity index is 244. The lowest BCUT2D eigenvalue weighted by Gasteiger charge is -2.39. The Balaban J connectivity index is 0. The second-order valence-electron chi connectivity index (χ2n) is 9.89. The molecular formula is C28H61ClN+. The number of nitrogens with zero attached hydrogens (tertiary/aromatic N) is 1. The number of hydrogen-bond acceptors (Lipinski definition) is 0. The predicted molar refractivity (Wildman–Crippen MR) is 142 cm³/mol. The molecule has 184 valence electrons. The molecule has 0 radical (unpaired) electrons. The van der Waals surface area contributed by atoms with Crippen molar-refractivity contribution in [3.63, 3.8) is 0 Å². The van der Waals surface area contributed by atoms with Crippen LogP contribution < -0.4 is 0 Å². The standard InChI is InChI=1S/C28H60N.ClH/c1-5-9-13-17-21-25-29(26-22-18-14-10-6-2,27-23-19-15-11-7-3)28-24-20-16-12-8-4;/h5-28H2,1-4H3;1H/q+1;. The lowest BCUT2D eigenvalue weighted by Crippen LogP contribution is -2.50. The van der Waals surface area contributed by atoms with Crippen molar-refractivity contribution in [2.45, 2.75) is 156 Å². The van der Waals surface area contributed by atoms with Crippen LogP contribution in [0.3, 0.4) is 0 Å². The van der Waals surface area contributed by atoms with Crippen molar-refractivity contribution in [3.05, 3.63) is 0 Å². The maximum Gasteiger partial charge on any atom is 0.0786 e. The molecule has 0 amide bonds. The summed E-state index contributed by atoms with van der Waals surface area (Å²) in [5, 5.41) is 0. The van der Waals surface area contributed by atoms with Gasteiger partial charge in [0.05, 0.1) is 26.2 Å². The lowest BCUT2D eigenvalue weighted by molar-refractivity contribution is -0.929. The molecule has 30 heavy (non-hydrogen) atoms. The van der Waals surface area contributed by atoms with Crippen molar-refractivity contribution < 1.29 is 4.48 Å². The van der Waals surface area contributed by atoms with Gasteiger partial charge in [0.15, 0.2) is 0 Å². The molecule has 0 rings (SSSR count). The van der Waals surface area contributed by atoms with Gasteiger partial charge in [-0.05, 0) is 51.4 Å². The minimum Gasteiger partial charge on any atom is -0.324 e. The fourth-order valence-electron chi connectivity index (χ4n) is 4.87. The average molecular weight is 447 g/mol. The summed E-state index contributed by atoms with van der Waals surface area (Å²) in [7, 11) is 0. The van der Waals surface area contributed by atoms with E-state index >= 15 is 0 Å². The van der Waals surface area contributed by atoms with E-state index in [2.05, 4.69) is 27.7 Å². The van der Waals surface area contributed by atoms with Crippen LogP contribution in [0.1, 0.15) is 156 Å². The van der Waals surface area contributed by atoms with Crippen molar-refractivity contribution >= 4 is 12.4 Å². The Kier molecular flexibility index (Phi) is 27.6. The minimum absolute atomic E-state index is 0. The number of hydrogen-bond donors (Lipinski definition) is 0. The van der Waals surface area contributed by atoms with Crippen molar-refractivity contribution in [2.24, 2.45) is 0 Å². The van der Waals surface area contributed by atoms with E-state index in [0.717, 1.165) is 0 Å².